The molecule has 3 aromatic rings. The minimum atomic E-state index is 0. The van der Waals surface area contributed by atoms with Crippen LogP contribution in [0.2, 0.25) is 0 Å². The van der Waals surface area contributed by atoms with Crippen molar-refractivity contribution in [1.29, 1.82) is 0 Å². The van der Waals surface area contributed by atoms with Gasteiger partial charge < -0.3 is 20.3 Å². The number of methoxy groups -OCH3 is 1. The summed E-state index contributed by atoms with van der Waals surface area (Å²) in [6, 6.07) is 17.4. The van der Waals surface area contributed by atoms with Gasteiger partial charge in [0.05, 0.1) is 12.6 Å². The molecule has 0 spiro atoms. The number of para-hydroxylation sites is 1. The van der Waals surface area contributed by atoms with Gasteiger partial charge in [-0.3, -0.25) is 0 Å². The third-order valence-electron chi connectivity index (χ3n) is 5.82. The zero-order valence-corrected chi connectivity index (χ0v) is 18.1. The Bertz CT molecular complexity index is 965. The lowest BCUT2D eigenvalue weighted by atomic mass is 9.91. The number of benzene rings is 2. The average molecular weight is 422 g/mol. The van der Waals surface area contributed by atoms with Gasteiger partial charge in [-0.25, -0.2) is 4.98 Å². The van der Waals surface area contributed by atoms with Crippen LogP contribution in [0.5, 0.6) is 5.75 Å². The smallest absolute Gasteiger partial charge is 0.225 e. The van der Waals surface area contributed by atoms with Gasteiger partial charge in [-0.05, 0) is 55.5 Å². The van der Waals surface area contributed by atoms with E-state index in [9.17, 15) is 0 Å². The predicted octanol–water partition coefficient (Wildman–Crippen LogP) is 4.85. The van der Waals surface area contributed by atoms with Gasteiger partial charge in [-0.15, -0.1) is 0 Å². The highest BCUT2D eigenvalue weighted by molar-refractivity contribution is 5.90. The van der Waals surface area contributed by atoms with Gasteiger partial charge in [-0.2, -0.15) is 4.98 Å². The Morgan fingerprint density at radius 2 is 1.61 bits per heavy atom. The molecular formula is C25H35N5O. The first-order chi connectivity index (χ1) is 14.6. The second-order valence-electron chi connectivity index (χ2n) is 8.20. The van der Waals surface area contributed by atoms with Gasteiger partial charge in [0, 0.05) is 38.1 Å². The van der Waals surface area contributed by atoms with Crippen LogP contribution < -0.4 is 20.3 Å². The fraction of sp³-hybridized carbons (Fsp3) is 0.440. The Balaban J connectivity index is 0.00000272. The summed E-state index contributed by atoms with van der Waals surface area (Å²) in [5.41, 5.74) is 2.27. The summed E-state index contributed by atoms with van der Waals surface area (Å²) in [7, 11) is 5.75. The van der Waals surface area contributed by atoms with E-state index in [1.165, 1.54) is 5.56 Å². The monoisotopic (exact) mass is 421 g/mol. The number of rotatable bonds is 7. The molecule has 0 atom stereocenters. The maximum Gasteiger partial charge on any atom is 0.225 e. The molecule has 1 aliphatic carbocycles. The number of fused-ring (bicyclic) bond motifs is 1. The van der Waals surface area contributed by atoms with Crippen LogP contribution in [0.3, 0.4) is 0 Å². The fourth-order valence-corrected chi connectivity index (χ4v) is 4.10. The van der Waals surface area contributed by atoms with Gasteiger partial charge in [0.15, 0.2) is 0 Å². The average Bonchev–Trinajstić information content (AvgIpc) is 2.78. The summed E-state index contributed by atoms with van der Waals surface area (Å²) in [6.07, 6.45) is 4.55. The summed E-state index contributed by atoms with van der Waals surface area (Å²) in [5, 5.41) is 8.37. The van der Waals surface area contributed by atoms with Crippen molar-refractivity contribution in [1.82, 2.24) is 15.3 Å². The highest BCUT2D eigenvalue weighted by atomic mass is 16.5. The van der Waals surface area contributed by atoms with Crippen molar-refractivity contribution >= 4 is 22.7 Å². The Labute approximate surface area is 186 Å². The van der Waals surface area contributed by atoms with E-state index in [1.54, 1.807) is 7.11 Å². The minimum Gasteiger partial charge on any atom is -0.497 e. The second kappa shape index (κ2) is 10.4. The summed E-state index contributed by atoms with van der Waals surface area (Å²) >= 11 is 0. The Morgan fingerprint density at radius 3 is 2.29 bits per heavy atom. The normalized spacial score (nSPS) is 18.3. The lowest BCUT2D eigenvalue weighted by Crippen LogP contribution is -2.37. The standard InChI is InChI=1S/C24H31N5O.CH4/c1-29(2)23-21-6-4-5-7-22(21)27-24(28-23)26-19-12-10-18(11-13-19)25-16-17-8-14-20(30-3)15-9-17;/h4-9,14-15,18-19,25H,10-13,16H2,1-3H3,(H,26,27,28);1H4. The van der Waals surface area contributed by atoms with Gasteiger partial charge in [0.2, 0.25) is 5.95 Å². The van der Waals surface area contributed by atoms with Crippen LogP contribution in [0, 0.1) is 0 Å². The molecule has 2 N–H and O–H groups in total. The van der Waals surface area contributed by atoms with Crippen LogP contribution in [-0.4, -0.2) is 43.3 Å². The van der Waals surface area contributed by atoms with Crippen molar-refractivity contribution in [2.75, 3.05) is 31.4 Å². The van der Waals surface area contributed by atoms with Crippen LogP contribution in [0.4, 0.5) is 11.8 Å². The third kappa shape index (κ3) is 5.64. The number of aromatic nitrogens is 2. The van der Waals surface area contributed by atoms with Crippen molar-refractivity contribution in [3.8, 4) is 5.75 Å². The molecule has 0 amide bonds. The fourth-order valence-electron chi connectivity index (χ4n) is 4.10. The van der Waals surface area contributed by atoms with E-state index >= 15 is 0 Å². The molecule has 0 bridgehead atoms. The molecule has 1 saturated carbocycles. The van der Waals surface area contributed by atoms with Crippen molar-refractivity contribution in [3.05, 3.63) is 54.1 Å². The first kappa shape index (κ1) is 22.8. The quantitative estimate of drug-likeness (QED) is 0.568. The number of anilines is 2. The van der Waals surface area contributed by atoms with Crippen LogP contribution >= 0.6 is 0 Å². The van der Waals surface area contributed by atoms with Crippen LogP contribution in [0.1, 0.15) is 38.7 Å². The molecule has 31 heavy (non-hydrogen) atoms. The first-order valence-electron chi connectivity index (χ1n) is 10.7. The molecule has 0 aliphatic heterocycles. The highest BCUT2D eigenvalue weighted by Crippen LogP contribution is 2.26. The third-order valence-corrected chi connectivity index (χ3v) is 5.82. The van der Waals surface area contributed by atoms with E-state index < -0.39 is 0 Å². The molecule has 0 radical (unpaired) electrons. The summed E-state index contributed by atoms with van der Waals surface area (Å²) in [4.78, 5) is 11.6. The molecule has 166 valence electrons. The van der Waals surface area contributed by atoms with Gasteiger partial charge >= 0.3 is 0 Å². The minimum absolute atomic E-state index is 0. The molecular weight excluding hydrogens is 386 g/mol. The predicted molar refractivity (Wildman–Crippen MR) is 130 cm³/mol. The van der Waals surface area contributed by atoms with E-state index in [1.807, 2.05) is 38.4 Å². The first-order valence-corrected chi connectivity index (χ1v) is 10.7. The molecule has 1 aromatic heterocycles. The Morgan fingerprint density at radius 1 is 0.935 bits per heavy atom. The zero-order chi connectivity index (χ0) is 20.9. The molecule has 1 aliphatic rings. The molecule has 6 heteroatoms. The summed E-state index contributed by atoms with van der Waals surface area (Å²) in [5.74, 6) is 2.59. The molecule has 2 aromatic carbocycles. The molecule has 0 saturated heterocycles. The second-order valence-corrected chi connectivity index (χ2v) is 8.20. The van der Waals surface area contributed by atoms with Crippen molar-refractivity contribution in [2.45, 2.75) is 51.7 Å². The van der Waals surface area contributed by atoms with E-state index in [0.29, 0.717) is 12.1 Å². The topological polar surface area (TPSA) is 62.3 Å². The van der Waals surface area contributed by atoms with E-state index in [-0.39, 0.29) is 7.43 Å². The Kier molecular flexibility index (Phi) is 7.69. The number of nitrogens with one attached hydrogen (secondary N) is 2. The van der Waals surface area contributed by atoms with Gasteiger partial charge in [0.25, 0.3) is 0 Å². The number of ether oxygens (including phenoxy) is 1. The van der Waals surface area contributed by atoms with Crippen LogP contribution in [-0.2, 0) is 6.54 Å². The number of hydrogen-bond acceptors (Lipinski definition) is 6. The summed E-state index contributed by atoms with van der Waals surface area (Å²) in [6.45, 7) is 0.896. The van der Waals surface area contributed by atoms with Crippen molar-refractivity contribution < 1.29 is 4.74 Å². The maximum atomic E-state index is 5.23. The van der Waals surface area contributed by atoms with E-state index in [4.69, 9.17) is 14.7 Å². The van der Waals surface area contributed by atoms with E-state index in [2.05, 4.69) is 39.8 Å². The molecule has 1 heterocycles. The summed E-state index contributed by atoms with van der Waals surface area (Å²) < 4.78 is 5.23. The van der Waals surface area contributed by atoms with E-state index in [0.717, 1.165) is 60.6 Å². The van der Waals surface area contributed by atoms with Crippen LogP contribution in [0.25, 0.3) is 10.9 Å². The van der Waals surface area contributed by atoms with Gasteiger partial charge in [-0.1, -0.05) is 31.7 Å². The molecule has 1 fully saturated rings. The lowest BCUT2D eigenvalue weighted by Gasteiger charge is -2.30. The number of hydrogen-bond donors (Lipinski definition) is 2. The Hall–Kier alpha value is -2.86. The van der Waals surface area contributed by atoms with Crippen molar-refractivity contribution in [2.24, 2.45) is 0 Å². The molecule has 4 rings (SSSR count). The largest absolute Gasteiger partial charge is 0.497 e. The highest BCUT2D eigenvalue weighted by Gasteiger charge is 2.22. The number of nitrogens with zero attached hydrogens (tertiary/aromatic N) is 3. The van der Waals surface area contributed by atoms with Gasteiger partial charge in [0.1, 0.15) is 11.6 Å². The molecule has 0 unspecified atom stereocenters. The van der Waals surface area contributed by atoms with Crippen LogP contribution in [0.15, 0.2) is 48.5 Å². The zero-order valence-electron chi connectivity index (χ0n) is 18.1. The van der Waals surface area contributed by atoms with Crippen molar-refractivity contribution in [3.63, 3.8) is 0 Å². The maximum absolute atomic E-state index is 5.23. The lowest BCUT2D eigenvalue weighted by molar-refractivity contribution is 0.352. The molecule has 6 nitrogen and oxygen atoms in total. The SMILES string of the molecule is C.COc1ccc(CNC2CCC(Nc3nc(N(C)C)c4ccccc4n3)CC2)cc1.